The van der Waals surface area contributed by atoms with Crippen molar-refractivity contribution in [2.24, 2.45) is 0 Å². The summed E-state index contributed by atoms with van der Waals surface area (Å²) in [5, 5.41) is 11.2. The van der Waals surface area contributed by atoms with Crippen molar-refractivity contribution in [1.82, 2.24) is 15.5 Å². The molecule has 0 aromatic carbocycles. The molecule has 0 aliphatic carbocycles. The largest absolute Gasteiger partial charge is 0.424 e. The molecule has 90 valence electrons. The second-order valence-corrected chi connectivity index (χ2v) is 4.04. The van der Waals surface area contributed by atoms with Gasteiger partial charge in [-0.3, -0.25) is 0 Å². The number of aromatic nitrogens is 2. The van der Waals surface area contributed by atoms with Crippen molar-refractivity contribution in [3.8, 4) is 0 Å². The average Bonchev–Trinajstić information content (AvgIpc) is 2.95. The minimum atomic E-state index is 0.393. The standard InChI is InChI=1S/C11H19N3O2/c1-2-12-8-11-14-13-10(16-11)6-5-9-4-3-7-15-9/h9,12H,2-8H2,1H3. The molecule has 1 unspecified atom stereocenters. The van der Waals surface area contributed by atoms with E-state index in [1.54, 1.807) is 0 Å². The van der Waals surface area contributed by atoms with E-state index in [-0.39, 0.29) is 0 Å². The molecule has 1 aliphatic rings. The molecule has 0 radical (unpaired) electrons. The first-order chi connectivity index (χ1) is 7.88. The van der Waals surface area contributed by atoms with Crippen molar-refractivity contribution >= 4 is 0 Å². The van der Waals surface area contributed by atoms with Crippen molar-refractivity contribution in [2.75, 3.05) is 13.2 Å². The van der Waals surface area contributed by atoms with Crippen molar-refractivity contribution in [3.05, 3.63) is 11.8 Å². The van der Waals surface area contributed by atoms with Gasteiger partial charge in [0.05, 0.1) is 12.6 Å². The Labute approximate surface area is 95.6 Å². The van der Waals surface area contributed by atoms with Crippen LogP contribution in [0.2, 0.25) is 0 Å². The van der Waals surface area contributed by atoms with Crippen LogP contribution in [0.15, 0.2) is 4.42 Å². The third-order valence-electron chi connectivity index (χ3n) is 2.74. The van der Waals surface area contributed by atoms with Crippen LogP contribution in [0.25, 0.3) is 0 Å². The molecule has 5 heteroatoms. The number of nitrogens with one attached hydrogen (secondary N) is 1. The molecule has 1 aliphatic heterocycles. The Morgan fingerprint density at radius 1 is 1.38 bits per heavy atom. The van der Waals surface area contributed by atoms with Gasteiger partial charge in [-0.15, -0.1) is 10.2 Å². The summed E-state index contributed by atoms with van der Waals surface area (Å²) in [6.07, 6.45) is 4.55. The van der Waals surface area contributed by atoms with Crippen LogP contribution in [0.5, 0.6) is 0 Å². The maximum atomic E-state index is 5.54. The molecule has 5 nitrogen and oxygen atoms in total. The summed E-state index contributed by atoms with van der Waals surface area (Å²) >= 11 is 0. The Bertz CT molecular complexity index is 308. The Balaban J connectivity index is 1.73. The SMILES string of the molecule is CCNCc1nnc(CCC2CCCO2)o1. The highest BCUT2D eigenvalue weighted by Gasteiger charge is 2.16. The summed E-state index contributed by atoms with van der Waals surface area (Å²) < 4.78 is 11.0. The zero-order chi connectivity index (χ0) is 11.2. The van der Waals surface area contributed by atoms with Crippen LogP contribution in [0.3, 0.4) is 0 Å². The van der Waals surface area contributed by atoms with Crippen LogP contribution in [0.1, 0.15) is 38.0 Å². The van der Waals surface area contributed by atoms with Gasteiger partial charge in [0, 0.05) is 13.0 Å². The normalized spacial score (nSPS) is 20.4. The topological polar surface area (TPSA) is 60.2 Å². The molecule has 2 rings (SSSR count). The summed E-state index contributed by atoms with van der Waals surface area (Å²) in [7, 11) is 0. The summed E-state index contributed by atoms with van der Waals surface area (Å²) in [6.45, 7) is 4.52. The molecule has 1 atom stereocenters. The van der Waals surface area contributed by atoms with Gasteiger partial charge in [-0.25, -0.2) is 0 Å². The first-order valence-corrected chi connectivity index (χ1v) is 6.02. The van der Waals surface area contributed by atoms with Crippen LogP contribution in [0, 0.1) is 0 Å². The number of hydrogen-bond acceptors (Lipinski definition) is 5. The number of aryl methyl sites for hydroxylation is 1. The van der Waals surface area contributed by atoms with E-state index in [1.807, 2.05) is 0 Å². The van der Waals surface area contributed by atoms with Crippen molar-refractivity contribution < 1.29 is 9.15 Å². The first kappa shape index (κ1) is 11.5. The van der Waals surface area contributed by atoms with Gasteiger partial charge in [0.2, 0.25) is 11.8 Å². The van der Waals surface area contributed by atoms with Crippen molar-refractivity contribution in [1.29, 1.82) is 0 Å². The molecule has 16 heavy (non-hydrogen) atoms. The zero-order valence-corrected chi connectivity index (χ0v) is 9.74. The minimum absolute atomic E-state index is 0.393. The molecule has 1 aromatic heterocycles. The molecule has 1 saturated heterocycles. The average molecular weight is 225 g/mol. The van der Waals surface area contributed by atoms with E-state index >= 15 is 0 Å². The highest BCUT2D eigenvalue weighted by Crippen LogP contribution is 2.17. The van der Waals surface area contributed by atoms with Crippen LogP contribution >= 0.6 is 0 Å². The van der Waals surface area contributed by atoms with Gasteiger partial charge in [0.25, 0.3) is 0 Å². The molecule has 1 fully saturated rings. The highest BCUT2D eigenvalue weighted by atomic mass is 16.5. The number of hydrogen-bond donors (Lipinski definition) is 1. The monoisotopic (exact) mass is 225 g/mol. The number of ether oxygens (including phenoxy) is 1. The highest BCUT2D eigenvalue weighted by molar-refractivity contribution is 4.83. The van der Waals surface area contributed by atoms with E-state index in [1.165, 1.54) is 12.8 Å². The smallest absolute Gasteiger partial charge is 0.230 e. The van der Waals surface area contributed by atoms with Gasteiger partial charge in [0.15, 0.2) is 0 Å². The number of nitrogens with zero attached hydrogens (tertiary/aromatic N) is 2. The summed E-state index contributed by atoms with van der Waals surface area (Å²) in [5.41, 5.74) is 0. The van der Waals surface area contributed by atoms with Gasteiger partial charge in [-0.05, 0) is 25.8 Å². The fraction of sp³-hybridized carbons (Fsp3) is 0.818. The molecule has 0 amide bonds. The molecular weight excluding hydrogens is 206 g/mol. The summed E-state index contributed by atoms with van der Waals surface area (Å²) in [6, 6.07) is 0. The van der Waals surface area contributed by atoms with Gasteiger partial charge in [-0.1, -0.05) is 6.92 Å². The second-order valence-electron chi connectivity index (χ2n) is 4.04. The Kier molecular flexibility index (Phi) is 4.30. The quantitative estimate of drug-likeness (QED) is 0.790. The molecular formula is C11H19N3O2. The maximum Gasteiger partial charge on any atom is 0.230 e. The van der Waals surface area contributed by atoms with E-state index in [2.05, 4.69) is 22.4 Å². The summed E-state index contributed by atoms with van der Waals surface area (Å²) in [4.78, 5) is 0. The van der Waals surface area contributed by atoms with Crippen LogP contribution < -0.4 is 5.32 Å². The van der Waals surface area contributed by atoms with Gasteiger partial charge in [0.1, 0.15) is 0 Å². The molecule has 1 aromatic rings. The van der Waals surface area contributed by atoms with Crippen LogP contribution in [-0.4, -0.2) is 29.5 Å². The van der Waals surface area contributed by atoms with E-state index in [0.717, 1.165) is 31.9 Å². The first-order valence-electron chi connectivity index (χ1n) is 6.02. The fourth-order valence-corrected chi connectivity index (χ4v) is 1.85. The Hall–Kier alpha value is -0.940. The van der Waals surface area contributed by atoms with Crippen LogP contribution in [-0.2, 0) is 17.7 Å². The van der Waals surface area contributed by atoms with E-state index in [9.17, 15) is 0 Å². The maximum absolute atomic E-state index is 5.54. The lowest BCUT2D eigenvalue weighted by Gasteiger charge is -2.05. The van der Waals surface area contributed by atoms with E-state index in [4.69, 9.17) is 9.15 Å². The van der Waals surface area contributed by atoms with Crippen molar-refractivity contribution in [2.45, 2.75) is 45.3 Å². The Morgan fingerprint density at radius 2 is 2.25 bits per heavy atom. The van der Waals surface area contributed by atoms with E-state index < -0.39 is 0 Å². The summed E-state index contributed by atoms with van der Waals surface area (Å²) in [5.74, 6) is 1.40. The van der Waals surface area contributed by atoms with E-state index in [0.29, 0.717) is 18.5 Å². The zero-order valence-electron chi connectivity index (χ0n) is 9.74. The lowest BCUT2D eigenvalue weighted by Crippen LogP contribution is -2.11. The fourth-order valence-electron chi connectivity index (χ4n) is 1.85. The number of rotatable bonds is 6. The predicted molar refractivity (Wildman–Crippen MR) is 59.0 cm³/mol. The molecule has 0 spiro atoms. The van der Waals surface area contributed by atoms with Gasteiger partial charge in [-0.2, -0.15) is 0 Å². The molecule has 1 N–H and O–H groups in total. The lowest BCUT2D eigenvalue weighted by molar-refractivity contribution is 0.103. The lowest BCUT2D eigenvalue weighted by atomic mass is 10.1. The predicted octanol–water partition coefficient (Wildman–Crippen LogP) is 1.29. The third kappa shape index (κ3) is 3.28. The molecule has 2 heterocycles. The Morgan fingerprint density at radius 3 is 3.00 bits per heavy atom. The van der Waals surface area contributed by atoms with Crippen molar-refractivity contribution in [3.63, 3.8) is 0 Å². The third-order valence-corrected chi connectivity index (χ3v) is 2.74. The molecule has 0 bridgehead atoms. The second kappa shape index (κ2) is 5.96. The van der Waals surface area contributed by atoms with Gasteiger partial charge < -0.3 is 14.5 Å². The minimum Gasteiger partial charge on any atom is -0.424 e. The van der Waals surface area contributed by atoms with Crippen LogP contribution in [0.4, 0.5) is 0 Å². The molecule has 0 saturated carbocycles. The van der Waals surface area contributed by atoms with Gasteiger partial charge >= 0.3 is 0 Å².